The maximum Gasteiger partial charge on any atom is 0.259 e. The van der Waals surface area contributed by atoms with Crippen LogP contribution in [0.2, 0.25) is 0 Å². The Morgan fingerprint density at radius 1 is 1.27 bits per heavy atom. The van der Waals surface area contributed by atoms with Gasteiger partial charge < -0.3 is 19.4 Å². The molecule has 6 heteroatoms. The van der Waals surface area contributed by atoms with E-state index in [2.05, 4.69) is 10.1 Å². The molecule has 0 bridgehead atoms. The van der Waals surface area contributed by atoms with E-state index in [4.69, 9.17) is 4.52 Å². The number of rotatable bonds is 4. The summed E-state index contributed by atoms with van der Waals surface area (Å²) in [5.41, 5.74) is 1.97. The van der Waals surface area contributed by atoms with E-state index in [-0.39, 0.29) is 24.5 Å². The maximum atomic E-state index is 13.4. The van der Waals surface area contributed by atoms with Crippen molar-refractivity contribution in [3.8, 4) is 11.3 Å². The standard InChI is InChI=1S/C20H27N3O3/c1-14-18(19(21-26-14)16-7-5-4-6-8-16)20(25)23-11-15(13-24)9-10-17(12-23)22(2)3/h4-8,15,17,24H,9-13H2,1-3H3/t15-,17+/m0/s1. The first-order valence-corrected chi connectivity index (χ1v) is 9.09. The third-order valence-corrected chi connectivity index (χ3v) is 5.22. The summed E-state index contributed by atoms with van der Waals surface area (Å²) in [6.07, 6.45) is 1.88. The molecule has 2 aromatic rings. The summed E-state index contributed by atoms with van der Waals surface area (Å²) in [5, 5.41) is 13.8. The van der Waals surface area contributed by atoms with E-state index < -0.39 is 0 Å². The van der Waals surface area contributed by atoms with E-state index >= 15 is 0 Å². The van der Waals surface area contributed by atoms with Gasteiger partial charge in [-0.05, 0) is 39.8 Å². The van der Waals surface area contributed by atoms with E-state index in [0.29, 0.717) is 30.1 Å². The van der Waals surface area contributed by atoms with Gasteiger partial charge in [0.1, 0.15) is 17.0 Å². The molecule has 140 valence electrons. The summed E-state index contributed by atoms with van der Waals surface area (Å²) in [4.78, 5) is 17.4. The van der Waals surface area contributed by atoms with Crippen molar-refractivity contribution in [1.82, 2.24) is 15.0 Å². The molecule has 1 saturated heterocycles. The van der Waals surface area contributed by atoms with Gasteiger partial charge in [-0.2, -0.15) is 0 Å². The van der Waals surface area contributed by atoms with Crippen LogP contribution in [0.4, 0.5) is 0 Å². The summed E-state index contributed by atoms with van der Waals surface area (Å²) < 4.78 is 5.36. The van der Waals surface area contributed by atoms with Gasteiger partial charge >= 0.3 is 0 Å². The Balaban J connectivity index is 1.93. The number of amides is 1. The monoisotopic (exact) mass is 357 g/mol. The first-order valence-electron chi connectivity index (χ1n) is 9.09. The van der Waals surface area contributed by atoms with Gasteiger partial charge in [0, 0.05) is 31.3 Å². The minimum Gasteiger partial charge on any atom is -0.396 e. The van der Waals surface area contributed by atoms with Crippen LogP contribution < -0.4 is 0 Å². The van der Waals surface area contributed by atoms with Gasteiger partial charge in [-0.25, -0.2) is 0 Å². The van der Waals surface area contributed by atoms with Crippen LogP contribution in [0.15, 0.2) is 34.9 Å². The molecule has 1 aromatic heterocycles. The smallest absolute Gasteiger partial charge is 0.259 e. The Labute approximate surface area is 154 Å². The quantitative estimate of drug-likeness (QED) is 0.910. The van der Waals surface area contributed by atoms with E-state index in [9.17, 15) is 9.90 Å². The number of nitrogens with zero attached hydrogens (tertiary/aromatic N) is 3. The number of hydrogen-bond donors (Lipinski definition) is 1. The topological polar surface area (TPSA) is 69.8 Å². The summed E-state index contributed by atoms with van der Waals surface area (Å²) >= 11 is 0. The number of aryl methyl sites for hydroxylation is 1. The summed E-state index contributed by atoms with van der Waals surface area (Å²) in [7, 11) is 4.07. The van der Waals surface area contributed by atoms with Crippen LogP contribution in [-0.4, -0.2) is 65.8 Å². The van der Waals surface area contributed by atoms with Crippen molar-refractivity contribution in [2.75, 3.05) is 33.8 Å². The summed E-state index contributed by atoms with van der Waals surface area (Å²) in [6, 6.07) is 9.90. The molecule has 1 aliphatic rings. The second kappa shape index (κ2) is 8.01. The summed E-state index contributed by atoms with van der Waals surface area (Å²) in [6.45, 7) is 3.06. The molecule has 1 fully saturated rings. The van der Waals surface area contributed by atoms with E-state index in [1.165, 1.54) is 0 Å². The average molecular weight is 357 g/mol. The largest absolute Gasteiger partial charge is 0.396 e. The van der Waals surface area contributed by atoms with E-state index in [1.807, 2.05) is 49.3 Å². The molecule has 3 rings (SSSR count). The Hall–Kier alpha value is -2.18. The van der Waals surface area contributed by atoms with Gasteiger partial charge in [0.2, 0.25) is 0 Å². The van der Waals surface area contributed by atoms with Gasteiger partial charge in [-0.15, -0.1) is 0 Å². The number of aromatic nitrogens is 1. The lowest BCUT2D eigenvalue weighted by molar-refractivity contribution is 0.0688. The zero-order valence-electron chi connectivity index (χ0n) is 15.7. The molecule has 0 radical (unpaired) electrons. The van der Waals surface area contributed by atoms with Gasteiger partial charge in [-0.3, -0.25) is 4.79 Å². The lowest BCUT2D eigenvalue weighted by Gasteiger charge is -2.29. The van der Waals surface area contributed by atoms with Crippen molar-refractivity contribution < 1.29 is 14.4 Å². The number of likely N-dealkylation sites (tertiary alicyclic amines) is 1. The van der Waals surface area contributed by atoms with Gasteiger partial charge in [-0.1, -0.05) is 35.5 Å². The number of hydrogen-bond acceptors (Lipinski definition) is 5. The molecule has 1 aliphatic heterocycles. The highest BCUT2D eigenvalue weighted by Crippen LogP contribution is 2.28. The van der Waals surface area contributed by atoms with Crippen LogP contribution >= 0.6 is 0 Å². The second-order valence-electron chi connectivity index (χ2n) is 7.28. The molecule has 0 spiro atoms. The third kappa shape index (κ3) is 3.81. The van der Waals surface area contributed by atoms with Crippen LogP contribution in [0.5, 0.6) is 0 Å². The van der Waals surface area contributed by atoms with Crippen LogP contribution in [0.1, 0.15) is 29.0 Å². The van der Waals surface area contributed by atoms with Crippen LogP contribution in [0.25, 0.3) is 11.3 Å². The molecule has 6 nitrogen and oxygen atoms in total. The van der Waals surface area contributed by atoms with Crippen molar-refractivity contribution in [3.05, 3.63) is 41.7 Å². The highest BCUT2D eigenvalue weighted by atomic mass is 16.5. The fourth-order valence-corrected chi connectivity index (χ4v) is 3.56. The lowest BCUT2D eigenvalue weighted by Crippen LogP contribution is -2.43. The minimum absolute atomic E-state index is 0.0743. The molecular formula is C20H27N3O3. The van der Waals surface area contributed by atoms with Crippen LogP contribution in [-0.2, 0) is 0 Å². The molecule has 2 heterocycles. The summed E-state index contributed by atoms with van der Waals surface area (Å²) in [5.74, 6) is 0.555. The maximum absolute atomic E-state index is 13.4. The average Bonchev–Trinajstić information content (AvgIpc) is 2.89. The Bertz CT molecular complexity index is 742. The van der Waals surface area contributed by atoms with Gasteiger partial charge in [0.15, 0.2) is 0 Å². The minimum atomic E-state index is -0.0743. The molecule has 1 amide bonds. The van der Waals surface area contributed by atoms with Crippen molar-refractivity contribution in [3.63, 3.8) is 0 Å². The van der Waals surface area contributed by atoms with Crippen molar-refractivity contribution in [2.45, 2.75) is 25.8 Å². The van der Waals surface area contributed by atoms with Gasteiger partial charge in [0.25, 0.3) is 5.91 Å². The molecule has 1 aromatic carbocycles. The number of aliphatic hydroxyl groups is 1. The molecular weight excluding hydrogens is 330 g/mol. The van der Waals surface area contributed by atoms with E-state index in [0.717, 1.165) is 18.4 Å². The normalized spacial score (nSPS) is 21.0. The molecule has 0 saturated carbocycles. The molecule has 1 N–H and O–H groups in total. The van der Waals surface area contributed by atoms with E-state index in [1.54, 1.807) is 6.92 Å². The number of carbonyl (C=O) groups is 1. The first kappa shape index (κ1) is 18.6. The Kier molecular flexibility index (Phi) is 5.74. The molecule has 0 aliphatic carbocycles. The van der Waals surface area contributed by atoms with Crippen molar-refractivity contribution >= 4 is 5.91 Å². The second-order valence-corrected chi connectivity index (χ2v) is 7.28. The molecule has 26 heavy (non-hydrogen) atoms. The SMILES string of the molecule is Cc1onc(-c2ccccc2)c1C(=O)N1C[C@@H](CO)CC[C@@H](N(C)C)C1. The number of carbonyl (C=O) groups excluding carboxylic acids is 1. The Morgan fingerprint density at radius 2 is 2.00 bits per heavy atom. The predicted octanol–water partition coefficient (Wildman–Crippen LogP) is 2.42. The van der Waals surface area contributed by atoms with Crippen LogP contribution in [0, 0.1) is 12.8 Å². The fraction of sp³-hybridized carbons (Fsp3) is 0.500. The number of aliphatic hydroxyl groups excluding tert-OH is 1. The zero-order chi connectivity index (χ0) is 18.7. The zero-order valence-corrected chi connectivity index (χ0v) is 15.7. The Morgan fingerprint density at radius 3 is 2.65 bits per heavy atom. The van der Waals surface area contributed by atoms with Crippen molar-refractivity contribution in [1.29, 1.82) is 0 Å². The van der Waals surface area contributed by atoms with Crippen LogP contribution in [0.3, 0.4) is 0 Å². The first-order chi connectivity index (χ1) is 12.5. The highest BCUT2D eigenvalue weighted by Gasteiger charge is 2.32. The fourth-order valence-electron chi connectivity index (χ4n) is 3.56. The lowest BCUT2D eigenvalue weighted by atomic mass is 10.0. The molecule has 2 atom stereocenters. The van der Waals surface area contributed by atoms with Gasteiger partial charge in [0.05, 0.1) is 0 Å². The predicted molar refractivity (Wildman–Crippen MR) is 99.9 cm³/mol. The van der Waals surface area contributed by atoms with Crippen molar-refractivity contribution in [2.24, 2.45) is 5.92 Å². The highest BCUT2D eigenvalue weighted by molar-refractivity contribution is 6.00. The third-order valence-electron chi connectivity index (χ3n) is 5.22. The number of benzene rings is 1. The number of likely N-dealkylation sites (N-methyl/N-ethyl adjacent to an activating group) is 1. The molecule has 0 unspecified atom stereocenters.